The third kappa shape index (κ3) is 3.20. The highest BCUT2D eigenvalue weighted by atomic mass is 127. The van der Waals surface area contributed by atoms with Crippen LogP contribution in [0.4, 0.5) is 5.69 Å². The topological polar surface area (TPSA) is 89.7 Å². The number of non-ortho nitro benzene ring substituents is 1. The van der Waals surface area contributed by atoms with Crippen LogP contribution in [0.3, 0.4) is 0 Å². The lowest BCUT2D eigenvalue weighted by Crippen LogP contribution is -1.92. The number of benzene rings is 1. The summed E-state index contributed by atoms with van der Waals surface area (Å²) in [5.41, 5.74) is -0.0201. The number of nitrogens with zero attached hydrogens (tertiary/aromatic N) is 1. The van der Waals surface area contributed by atoms with Gasteiger partial charge >= 0.3 is 5.97 Å². The monoisotopic (exact) mass is 391 g/mol. The van der Waals surface area contributed by atoms with Gasteiger partial charge in [-0.05, 0) is 28.7 Å². The molecule has 0 aliphatic heterocycles. The first-order valence-corrected chi connectivity index (χ1v) is 6.87. The predicted octanol–water partition coefficient (Wildman–Crippen LogP) is 3.75. The zero-order valence-electron chi connectivity index (χ0n) is 9.20. The van der Waals surface area contributed by atoms with Crippen LogP contribution >= 0.6 is 33.9 Å². The predicted molar refractivity (Wildman–Crippen MR) is 77.2 cm³/mol. The van der Waals surface area contributed by atoms with Crippen molar-refractivity contribution in [3.8, 4) is 11.5 Å². The Morgan fingerprint density at radius 2 is 2.16 bits per heavy atom. The van der Waals surface area contributed by atoms with Gasteiger partial charge in [0, 0.05) is 23.6 Å². The molecule has 1 aromatic carbocycles. The summed E-state index contributed by atoms with van der Waals surface area (Å²) < 4.78 is 6.07. The van der Waals surface area contributed by atoms with Crippen LogP contribution in [0.1, 0.15) is 9.67 Å². The smallest absolute Gasteiger partial charge is 0.346 e. The average Bonchev–Trinajstić information content (AvgIpc) is 2.80. The molecule has 1 N–H and O–H groups in total. The minimum atomic E-state index is -1.02. The Balaban J connectivity index is 2.23. The van der Waals surface area contributed by atoms with E-state index in [-0.39, 0.29) is 10.6 Å². The summed E-state index contributed by atoms with van der Waals surface area (Å²) in [5, 5.41) is 21.0. The molecule has 0 aliphatic rings. The third-order valence-corrected chi connectivity index (χ3v) is 3.88. The molecule has 2 aromatic rings. The van der Waals surface area contributed by atoms with Gasteiger partial charge in [-0.15, -0.1) is 11.3 Å². The van der Waals surface area contributed by atoms with E-state index in [9.17, 15) is 14.9 Å². The second kappa shape index (κ2) is 5.53. The van der Waals surface area contributed by atoms with Crippen LogP contribution < -0.4 is 4.74 Å². The van der Waals surface area contributed by atoms with Gasteiger partial charge in [-0.25, -0.2) is 4.79 Å². The molecule has 8 heteroatoms. The van der Waals surface area contributed by atoms with Crippen LogP contribution in [0.25, 0.3) is 0 Å². The number of ether oxygens (including phenoxy) is 1. The molecule has 1 heterocycles. The Morgan fingerprint density at radius 3 is 2.68 bits per heavy atom. The molecule has 19 heavy (non-hydrogen) atoms. The Morgan fingerprint density at radius 1 is 1.42 bits per heavy atom. The molecule has 0 fully saturated rings. The Hall–Kier alpha value is -1.68. The van der Waals surface area contributed by atoms with Gasteiger partial charge < -0.3 is 9.84 Å². The van der Waals surface area contributed by atoms with Crippen molar-refractivity contribution in [2.75, 3.05) is 0 Å². The van der Waals surface area contributed by atoms with Gasteiger partial charge in [0.15, 0.2) is 0 Å². The summed E-state index contributed by atoms with van der Waals surface area (Å²) in [6, 6.07) is 5.62. The van der Waals surface area contributed by atoms with Crippen molar-refractivity contribution in [3.05, 3.63) is 48.2 Å². The Bertz CT molecular complexity index is 654. The van der Waals surface area contributed by atoms with Gasteiger partial charge in [-0.2, -0.15) is 0 Å². The van der Waals surface area contributed by atoms with Gasteiger partial charge in [0.05, 0.1) is 8.49 Å². The third-order valence-electron chi connectivity index (χ3n) is 2.14. The zero-order valence-corrected chi connectivity index (χ0v) is 12.2. The molecule has 0 spiro atoms. The average molecular weight is 391 g/mol. The quantitative estimate of drug-likeness (QED) is 0.487. The van der Waals surface area contributed by atoms with Gasteiger partial charge in [0.2, 0.25) is 0 Å². The van der Waals surface area contributed by atoms with Crippen LogP contribution in [-0.2, 0) is 0 Å². The molecule has 0 aliphatic carbocycles. The van der Waals surface area contributed by atoms with Crippen molar-refractivity contribution in [3.63, 3.8) is 0 Å². The van der Waals surface area contributed by atoms with Crippen LogP contribution in [0, 0.1) is 13.7 Å². The van der Waals surface area contributed by atoms with Crippen LogP contribution in [0.2, 0.25) is 0 Å². The molecule has 0 saturated carbocycles. The molecule has 0 bridgehead atoms. The zero-order chi connectivity index (χ0) is 14.0. The molecule has 0 amide bonds. The number of carbonyl (C=O) groups is 1. The summed E-state index contributed by atoms with van der Waals surface area (Å²) in [5.74, 6) is -0.173. The second-order valence-corrected chi connectivity index (χ2v) is 5.50. The van der Waals surface area contributed by atoms with E-state index < -0.39 is 10.9 Å². The van der Waals surface area contributed by atoms with E-state index in [1.165, 1.54) is 24.3 Å². The fraction of sp³-hybridized carbons (Fsp3) is 0. The number of nitro benzene ring substituents is 1. The molecule has 6 nitrogen and oxygen atoms in total. The van der Waals surface area contributed by atoms with Crippen LogP contribution in [0.5, 0.6) is 11.5 Å². The summed E-state index contributed by atoms with van der Waals surface area (Å²) >= 11 is 2.98. The fourth-order valence-electron chi connectivity index (χ4n) is 1.30. The van der Waals surface area contributed by atoms with Crippen LogP contribution in [0.15, 0.2) is 29.6 Å². The molecule has 2 rings (SSSR count). The summed E-state index contributed by atoms with van der Waals surface area (Å²) in [4.78, 5) is 21.0. The molecule has 98 valence electrons. The summed E-state index contributed by atoms with van der Waals surface area (Å²) in [7, 11) is 0. The largest absolute Gasteiger partial charge is 0.477 e. The number of aromatic carboxylic acids is 1. The number of halogens is 1. The molecule has 1 aromatic heterocycles. The lowest BCUT2D eigenvalue weighted by molar-refractivity contribution is -0.385. The number of thiophene rings is 1. The number of hydrogen-bond donors (Lipinski definition) is 1. The highest BCUT2D eigenvalue weighted by Gasteiger charge is 2.12. The van der Waals surface area contributed by atoms with Crippen LogP contribution in [-0.4, -0.2) is 16.0 Å². The molecular weight excluding hydrogens is 385 g/mol. The fourth-order valence-corrected chi connectivity index (χ4v) is 2.55. The standard InChI is InChI=1S/C11H6INO5S/c12-8-3-6(13(16)17)1-2-9(8)18-7-4-10(11(14)15)19-5-7/h1-5H,(H,14,15). The SMILES string of the molecule is O=C(O)c1cc(Oc2ccc([N+](=O)[O-])cc2I)cs1. The van der Waals surface area contributed by atoms with Gasteiger partial charge in [-0.3, -0.25) is 10.1 Å². The van der Waals surface area contributed by atoms with Crippen molar-refractivity contribution in [1.29, 1.82) is 0 Å². The number of rotatable bonds is 4. The molecule has 0 unspecified atom stereocenters. The normalized spacial score (nSPS) is 10.2. The van der Waals surface area contributed by atoms with Crippen molar-refractivity contribution < 1.29 is 19.6 Å². The first kappa shape index (κ1) is 13.7. The number of nitro groups is 1. The first-order chi connectivity index (χ1) is 8.97. The molecule has 0 saturated heterocycles. The van der Waals surface area contributed by atoms with E-state index in [2.05, 4.69) is 0 Å². The highest BCUT2D eigenvalue weighted by molar-refractivity contribution is 14.1. The lowest BCUT2D eigenvalue weighted by Gasteiger charge is -2.05. The van der Waals surface area contributed by atoms with Gasteiger partial charge in [0.25, 0.3) is 5.69 Å². The molecule has 0 radical (unpaired) electrons. The maximum atomic E-state index is 10.7. The lowest BCUT2D eigenvalue weighted by atomic mass is 10.3. The van der Waals surface area contributed by atoms with E-state index in [0.717, 1.165) is 11.3 Å². The van der Waals surface area contributed by atoms with Crippen molar-refractivity contribution >= 4 is 45.6 Å². The minimum Gasteiger partial charge on any atom is -0.477 e. The highest BCUT2D eigenvalue weighted by Crippen LogP contribution is 2.32. The number of hydrogen-bond acceptors (Lipinski definition) is 5. The minimum absolute atomic E-state index is 0.0201. The van der Waals surface area contributed by atoms with Gasteiger partial charge in [0.1, 0.15) is 16.4 Å². The number of carboxylic acids is 1. The van der Waals surface area contributed by atoms with E-state index in [1.54, 1.807) is 5.38 Å². The van der Waals surface area contributed by atoms with E-state index >= 15 is 0 Å². The Labute approximate surface area is 124 Å². The van der Waals surface area contributed by atoms with E-state index in [4.69, 9.17) is 9.84 Å². The van der Waals surface area contributed by atoms with E-state index in [1.807, 2.05) is 22.6 Å². The maximum Gasteiger partial charge on any atom is 0.346 e. The van der Waals surface area contributed by atoms with Crippen molar-refractivity contribution in [2.45, 2.75) is 0 Å². The van der Waals surface area contributed by atoms with E-state index in [0.29, 0.717) is 15.1 Å². The van der Waals surface area contributed by atoms with Crippen molar-refractivity contribution in [1.82, 2.24) is 0 Å². The van der Waals surface area contributed by atoms with Gasteiger partial charge in [-0.1, -0.05) is 0 Å². The summed E-state index contributed by atoms with van der Waals surface area (Å²) in [6.45, 7) is 0. The molecule has 0 atom stereocenters. The second-order valence-electron chi connectivity index (χ2n) is 3.43. The van der Waals surface area contributed by atoms with Crippen molar-refractivity contribution in [2.24, 2.45) is 0 Å². The first-order valence-electron chi connectivity index (χ1n) is 4.91. The summed E-state index contributed by atoms with van der Waals surface area (Å²) in [6.07, 6.45) is 0. The number of carboxylic acid groups (broad SMARTS) is 1. The maximum absolute atomic E-state index is 10.7. The Kier molecular flexibility index (Phi) is 4.00. The molecular formula is C11H6INO5S.